The van der Waals surface area contributed by atoms with Crippen molar-refractivity contribution in [1.29, 1.82) is 0 Å². The molecule has 62 valence electrons. The second kappa shape index (κ2) is 3.21. The number of hydrogen-bond donors (Lipinski definition) is 0. The number of carbonyl (C=O) groups excluding carboxylic acids is 2. The maximum atomic E-state index is 12.6. The first-order valence-electron chi connectivity index (χ1n) is 3.27. The highest BCUT2D eigenvalue weighted by atomic mass is 19.1. The predicted octanol–water partition coefficient (Wildman–Crippen LogP) is 1.24. The topological polar surface area (TPSA) is 47.0 Å². The highest BCUT2D eigenvalue weighted by Crippen LogP contribution is 2.03. The third kappa shape index (κ3) is 1.72. The molecule has 4 heteroatoms. The molecule has 0 aliphatic carbocycles. The first kappa shape index (κ1) is 8.52. The summed E-state index contributed by atoms with van der Waals surface area (Å²) in [5.74, 6) is -1.18. The van der Waals surface area contributed by atoms with Crippen LogP contribution in [-0.4, -0.2) is 17.1 Å². The maximum absolute atomic E-state index is 12.6. The zero-order valence-electron chi connectivity index (χ0n) is 6.37. The molecule has 1 heterocycles. The van der Waals surface area contributed by atoms with Gasteiger partial charge in [0.15, 0.2) is 5.78 Å². The lowest BCUT2D eigenvalue weighted by molar-refractivity contribution is 0.101. The van der Waals surface area contributed by atoms with Crippen molar-refractivity contribution in [2.45, 2.75) is 6.92 Å². The van der Waals surface area contributed by atoms with Crippen molar-refractivity contribution < 1.29 is 14.0 Å². The fourth-order valence-corrected chi connectivity index (χ4v) is 0.765. The lowest BCUT2D eigenvalue weighted by atomic mass is 10.2. The van der Waals surface area contributed by atoms with Crippen LogP contribution >= 0.6 is 0 Å². The van der Waals surface area contributed by atoms with Gasteiger partial charge in [0.05, 0.1) is 0 Å². The molecule has 0 bridgehead atoms. The van der Waals surface area contributed by atoms with Gasteiger partial charge in [-0.15, -0.1) is 0 Å². The molecule has 0 radical (unpaired) electrons. The van der Waals surface area contributed by atoms with Crippen molar-refractivity contribution in [3.05, 3.63) is 29.3 Å². The number of nitrogens with zero attached hydrogens (tertiary/aromatic N) is 1. The molecule has 0 spiro atoms. The van der Waals surface area contributed by atoms with E-state index < -0.39 is 5.95 Å². The summed E-state index contributed by atoms with van der Waals surface area (Å²) >= 11 is 0. The first-order chi connectivity index (χ1) is 5.63. The average molecular weight is 167 g/mol. The number of hydrogen-bond acceptors (Lipinski definition) is 3. The maximum Gasteiger partial charge on any atom is 0.214 e. The second-order valence-corrected chi connectivity index (χ2v) is 2.28. The molecule has 0 aromatic carbocycles. The Hall–Kier alpha value is -1.58. The van der Waals surface area contributed by atoms with Crippen molar-refractivity contribution in [2.75, 3.05) is 0 Å². The third-order valence-electron chi connectivity index (χ3n) is 1.31. The molecule has 0 atom stereocenters. The van der Waals surface area contributed by atoms with Crippen LogP contribution in [0.25, 0.3) is 0 Å². The van der Waals surface area contributed by atoms with E-state index in [1.807, 2.05) is 0 Å². The molecule has 1 aromatic heterocycles. The normalized spacial score (nSPS) is 9.50. The summed E-state index contributed by atoms with van der Waals surface area (Å²) in [4.78, 5) is 24.3. The minimum absolute atomic E-state index is 0.0305. The van der Waals surface area contributed by atoms with Gasteiger partial charge in [0.25, 0.3) is 0 Å². The smallest absolute Gasteiger partial charge is 0.214 e. The molecule has 0 amide bonds. The SMILES string of the molecule is CC(=O)c1cc(C=O)cc(F)n1. The van der Waals surface area contributed by atoms with Crippen LogP contribution in [0.5, 0.6) is 0 Å². The van der Waals surface area contributed by atoms with Crippen LogP contribution in [0.15, 0.2) is 12.1 Å². The Kier molecular flexibility index (Phi) is 2.28. The molecule has 0 aliphatic rings. The minimum Gasteiger partial charge on any atom is -0.298 e. The van der Waals surface area contributed by atoms with Crippen LogP contribution in [0, 0.1) is 5.95 Å². The van der Waals surface area contributed by atoms with E-state index in [2.05, 4.69) is 4.98 Å². The number of ketones is 1. The van der Waals surface area contributed by atoms with Crippen LogP contribution in [-0.2, 0) is 0 Å². The summed E-state index contributed by atoms with van der Waals surface area (Å²) in [6.07, 6.45) is 0.469. The Balaban J connectivity index is 3.23. The summed E-state index contributed by atoms with van der Waals surface area (Å²) < 4.78 is 12.6. The van der Waals surface area contributed by atoms with Crippen LogP contribution < -0.4 is 0 Å². The Bertz CT molecular complexity index is 336. The highest BCUT2D eigenvalue weighted by molar-refractivity contribution is 5.93. The molecular formula is C8H6FNO2. The summed E-state index contributed by atoms with van der Waals surface area (Å²) in [6.45, 7) is 1.26. The molecule has 3 nitrogen and oxygen atoms in total. The summed E-state index contributed by atoms with van der Waals surface area (Å²) in [6, 6.07) is 2.22. The molecule has 0 aliphatic heterocycles. The van der Waals surface area contributed by atoms with E-state index in [-0.39, 0.29) is 17.0 Å². The van der Waals surface area contributed by atoms with E-state index >= 15 is 0 Å². The Morgan fingerprint density at radius 1 is 1.58 bits per heavy atom. The quantitative estimate of drug-likeness (QED) is 0.378. The van der Waals surface area contributed by atoms with Crippen molar-refractivity contribution in [2.24, 2.45) is 0 Å². The Labute approximate surface area is 68.2 Å². The van der Waals surface area contributed by atoms with E-state index in [1.54, 1.807) is 0 Å². The van der Waals surface area contributed by atoms with Crippen molar-refractivity contribution in [3.8, 4) is 0 Å². The van der Waals surface area contributed by atoms with Crippen LogP contribution in [0.1, 0.15) is 27.8 Å². The van der Waals surface area contributed by atoms with E-state index in [9.17, 15) is 14.0 Å². The van der Waals surface area contributed by atoms with Crippen LogP contribution in [0.3, 0.4) is 0 Å². The number of rotatable bonds is 2. The van der Waals surface area contributed by atoms with Gasteiger partial charge in [-0.2, -0.15) is 4.39 Å². The summed E-state index contributed by atoms with van der Waals surface area (Å²) in [5.41, 5.74) is 0.0878. The van der Waals surface area contributed by atoms with Gasteiger partial charge >= 0.3 is 0 Å². The number of pyridine rings is 1. The van der Waals surface area contributed by atoms with Crippen LogP contribution in [0.2, 0.25) is 0 Å². The van der Waals surface area contributed by atoms with Gasteiger partial charge in [0.1, 0.15) is 12.0 Å². The lowest BCUT2D eigenvalue weighted by Gasteiger charge is -1.95. The Morgan fingerprint density at radius 2 is 2.25 bits per heavy atom. The van der Waals surface area contributed by atoms with E-state index in [0.29, 0.717) is 6.29 Å². The number of aldehydes is 1. The van der Waals surface area contributed by atoms with Gasteiger partial charge in [0, 0.05) is 18.6 Å². The third-order valence-corrected chi connectivity index (χ3v) is 1.31. The van der Waals surface area contributed by atoms with Crippen molar-refractivity contribution >= 4 is 12.1 Å². The number of Topliss-reactive ketones (excluding diaryl/α,β-unsaturated/α-hetero) is 1. The molecule has 0 saturated heterocycles. The zero-order chi connectivity index (χ0) is 9.14. The van der Waals surface area contributed by atoms with Crippen LogP contribution in [0.4, 0.5) is 4.39 Å². The zero-order valence-corrected chi connectivity index (χ0v) is 6.37. The fourth-order valence-electron chi connectivity index (χ4n) is 0.765. The Morgan fingerprint density at radius 3 is 2.75 bits per heavy atom. The molecule has 1 rings (SSSR count). The van der Waals surface area contributed by atoms with Gasteiger partial charge in [-0.1, -0.05) is 0 Å². The largest absolute Gasteiger partial charge is 0.298 e. The molecule has 0 unspecified atom stereocenters. The highest BCUT2D eigenvalue weighted by Gasteiger charge is 2.05. The first-order valence-corrected chi connectivity index (χ1v) is 3.27. The van der Waals surface area contributed by atoms with Gasteiger partial charge in [-0.3, -0.25) is 9.59 Å². The molecular weight excluding hydrogens is 161 g/mol. The molecule has 0 N–H and O–H groups in total. The number of halogens is 1. The summed E-state index contributed by atoms with van der Waals surface area (Å²) in [5, 5.41) is 0. The average Bonchev–Trinajstić information content (AvgIpc) is 2.03. The monoisotopic (exact) mass is 167 g/mol. The van der Waals surface area contributed by atoms with Crippen molar-refractivity contribution in [1.82, 2.24) is 4.98 Å². The van der Waals surface area contributed by atoms with Gasteiger partial charge in [-0.25, -0.2) is 4.98 Å². The van der Waals surface area contributed by atoms with E-state index in [1.165, 1.54) is 13.0 Å². The minimum atomic E-state index is -0.815. The molecule has 1 aromatic rings. The van der Waals surface area contributed by atoms with E-state index in [4.69, 9.17) is 0 Å². The van der Waals surface area contributed by atoms with Gasteiger partial charge in [-0.05, 0) is 6.07 Å². The number of aromatic nitrogens is 1. The van der Waals surface area contributed by atoms with Crippen molar-refractivity contribution in [3.63, 3.8) is 0 Å². The number of carbonyl (C=O) groups is 2. The van der Waals surface area contributed by atoms with Gasteiger partial charge in [0.2, 0.25) is 5.95 Å². The summed E-state index contributed by atoms with van der Waals surface area (Å²) in [7, 11) is 0. The lowest BCUT2D eigenvalue weighted by Crippen LogP contribution is -2.00. The fraction of sp³-hybridized carbons (Fsp3) is 0.125. The molecule has 0 fully saturated rings. The molecule has 12 heavy (non-hydrogen) atoms. The molecule has 0 saturated carbocycles. The van der Waals surface area contributed by atoms with E-state index in [0.717, 1.165) is 6.07 Å². The standard InChI is InChI=1S/C8H6FNO2/c1-5(12)7-2-6(4-11)3-8(9)10-7/h2-4H,1H3. The van der Waals surface area contributed by atoms with Gasteiger partial charge < -0.3 is 0 Å². The predicted molar refractivity (Wildman–Crippen MR) is 39.6 cm³/mol. The second-order valence-electron chi connectivity index (χ2n) is 2.28.